The van der Waals surface area contributed by atoms with Crippen LogP contribution in [0.3, 0.4) is 0 Å². The fraction of sp³-hybridized carbons (Fsp3) is 0.172. The number of aliphatic hydroxyl groups is 1. The number of Topliss-reactive ketones (excluding diaryl/α,β-unsaturated/α-hetero) is 1. The van der Waals surface area contributed by atoms with Crippen LogP contribution in [0.2, 0.25) is 5.02 Å². The van der Waals surface area contributed by atoms with Crippen molar-refractivity contribution in [2.45, 2.75) is 30.0 Å². The molecule has 1 amide bonds. The van der Waals surface area contributed by atoms with E-state index in [2.05, 4.69) is 10.2 Å². The van der Waals surface area contributed by atoms with Crippen molar-refractivity contribution in [3.8, 4) is 5.75 Å². The van der Waals surface area contributed by atoms with Crippen molar-refractivity contribution in [1.29, 1.82) is 0 Å². The lowest BCUT2D eigenvalue weighted by molar-refractivity contribution is -0.132. The highest BCUT2D eigenvalue weighted by Crippen LogP contribution is 2.44. The van der Waals surface area contributed by atoms with Crippen molar-refractivity contribution in [2.24, 2.45) is 0 Å². The number of hydrogen-bond acceptors (Lipinski definition) is 8. The highest BCUT2D eigenvalue weighted by molar-refractivity contribution is 8.00. The van der Waals surface area contributed by atoms with E-state index in [9.17, 15) is 14.7 Å². The smallest absolute Gasteiger partial charge is 0.301 e. The zero-order valence-electron chi connectivity index (χ0n) is 21.3. The predicted octanol–water partition coefficient (Wildman–Crippen LogP) is 6.74. The first-order chi connectivity index (χ1) is 18.8. The topological polar surface area (TPSA) is 92.6 Å². The van der Waals surface area contributed by atoms with Gasteiger partial charge in [0.05, 0.1) is 18.7 Å². The Labute approximate surface area is 239 Å². The van der Waals surface area contributed by atoms with Gasteiger partial charge in [-0.2, -0.15) is 0 Å². The van der Waals surface area contributed by atoms with E-state index in [4.69, 9.17) is 16.3 Å². The van der Waals surface area contributed by atoms with Gasteiger partial charge in [-0.1, -0.05) is 82.7 Å². The number of rotatable bonds is 7. The van der Waals surface area contributed by atoms with E-state index in [0.717, 1.165) is 16.7 Å². The molecule has 0 spiro atoms. The maximum Gasteiger partial charge on any atom is 0.301 e. The zero-order valence-corrected chi connectivity index (χ0v) is 23.7. The number of anilines is 1. The molecular weight excluding hydrogens is 554 g/mol. The summed E-state index contributed by atoms with van der Waals surface area (Å²) in [6.45, 7) is 3.75. The summed E-state index contributed by atoms with van der Waals surface area (Å²) in [5.74, 6) is -0.590. The molecule has 7 nitrogen and oxygen atoms in total. The Morgan fingerprint density at radius 2 is 1.82 bits per heavy atom. The highest BCUT2D eigenvalue weighted by Gasteiger charge is 2.48. The summed E-state index contributed by atoms with van der Waals surface area (Å²) in [7, 11) is 1.56. The monoisotopic (exact) mass is 577 g/mol. The maximum atomic E-state index is 13.5. The van der Waals surface area contributed by atoms with Crippen LogP contribution in [0.5, 0.6) is 5.75 Å². The molecule has 3 aromatic carbocycles. The van der Waals surface area contributed by atoms with Crippen molar-refractivity contribution < 1.29 is 19.4 Å². The molecule has 4 aromatic rings. The van der Waals surface area contributed by atoms with Crippen LogP contribution in [-0.2, 0) is 15.3 Å². The standard InChI is InChI=1S/C29H24ClN3O4S2/c1-16-8-9-17(2)21(14-16)25(34)23-24(18-10-12-20(37-3)13-11-18)33(27(36)26(23)35)28-31-32-29(39-28)38-15-19-6-4-5-7-22(19)30/h4-14,24,34H,15H2,1-3H3/b25-23+. The molecule has 0 bridgehead atoms. The van der Waals surface area contributed by atoms with Gasteiger partial charge in [-0.25, -0.2) is 0 Å². The number of methoxy groups -OCH3 is 1. The van der Waals surface area contributed by atoms with E-state index in [-0.39, 0.29) is 16.5 Å². The number of aryl methyl sites for hydroxylation is 2. The Kier molecular flexibility index (Phi) is 7.74. The summed E-state index contributed by atoms with van der Waals surface area (Å²) in [4.78, 5) is 28.2. The molecule has 0 saturated carbocycles. The first-order valence-corrected chi connectivity index (χ1v) is 14.2. The number of amides is 1. The normalized spacial score (nSPS) is 16.6. The number of aliphatic hydroxyl groups excluding tert-OH is 1. The van der Waals surface area contributed by atoms with Gasteiger partial charge in [-0.3, -0.25) is 14.5 Å². The molecule has 1 aliphatic heterocycles. The lowest BCUT2D eigenvalue weighted by Gasteiger charge is -2.23. The molecule has 198 valence electrons. The molecule has 1 saturated heterocycles. The molecule has 1 N–H and O–H groups in total. The number of benzene rings is 3. The fourth-order valence-corrected chi connectivity index (χ4v) is 6.53. The largest absolute Gasteiger partial charge is 0.507 e. The SMILES string of the molecule is COc1ccc(C2/C(=C(\O)c3cc(C)ccc3C)C(=O)C(=O)N2c2nnc(SCc3ccccc3Cl)s2)cc1. The number of carbonyl (C=O) groups excluding carboxylic acids is 2. The maximum absolute atomic E-state index is 13.5. The number of nitrogens with zero attached hydrogens (tertiary/aromatic N) is 3. The van der Waals surface area contributed by atoms with E-state index < -0.39 is 17.7 Å². The van der Waals surface area contributed by atoms with Crippen LogP contribution in [0, 0.1) is 13.8 Å². The highest BCUT2D eigenvalue weighted by atomic mass is 35.5. The molecule has 2 heterocycles. The minimum Gasteiger partial charge on any atom is -0.507 e. The molecule has 10 heteroatoms. The third kappa shape index (κ3) is 5.30. The van der Waals surface area contributed by atoms with Crippen LogP contribution >= 0.6 is 34.7 Å². The summed E-state index contributed by atoms with van der Waals surface area (Å²) >= 11 is 8.93. The van der Waals surface area contributed by atoms with E-state index in [1.54, 1.807) is 37.4 Å². The van der Waals surface area contributed by atoms with Crippen LogP contribution in [0.4, 0.5) is 5.13 Å². The number of ether oxygens (including phenoxy) is 1. The number of aromatic nitrogens is 2. The molecule has 1 fully saturated rings. The third-order valence-electron chi connectivity index (χ3n) is 6.44. The second-order valence-electron chi connectivity index (χ2n) is 8.99. The fourth-order valence-electron chi connectivity index (χ4n) is 4.38. The Morgan fingerprint density at radius 3 is 2.54 bits per heavy atom. The molecular formula is C29H24ClN3O4S2. The Morgan fingerprint density at radius 1 is 1.08 bits per heavy atom. The predicted molar refractivity (Wildman–Crippen MR) is 155 cm³/mol. The Bertz CT molecular complexity index is 1600. The van der Waals surface area contributed by atoms with Gasteiger partial charge in [0.2, 0.25) is 5.13 Å². The second kappa shape index (κ2) is 11.2. The van der Waals surface area contributed by atoms with Crippen LogP contribution in [0.15, 0.2) is 76.6 Å². The lowest BCUT2D eigenvalue weighted by atomic mass is 9.93. The van der Waals surface area contributed by atoms with Crippen LogP contribution in [0.1, 0.15) is 33.9 Å². The van der Waals surface area contributed by atoms with Gasteiger partial charge in [-0.15, -0.1) is 10.2 Å². The summed E-state index contributed by atoms with van der Waals surface area (Å²) in [6.07, 6.45) is 0. The number of carbonyl (C=O) groups is 2. The summed E-state index contributed by atoms with van der Waals surface area (Å²) in [5, 5.41) is 20.9. The number of hydrogen-bond donors (Lipinski definition) is 1. The van der Waals surface area contributed by atoms with Gasteiger partial charge in [0, 0.05) is 16.3 Å². The Balaban J connectivity index is 1.57. The second-order valence-corrected chi connectivity index (χ2v) is 11.6. The zero-order chi connectivity index (χ0) is 27.7. The molecule has 1 unspecified atom stereocenters. The average Bonchev–Trinajstić information content (AvgIpc) is 3.51. The van der Waals surface area contributed by atoms with Gasteiger partial charge in [0.25, 0.3) is 5.78 Å². The van der Waals surface area contributed by atoms with Crippen molar-refractivity contribution in [2.75, 3.05) is 12.0 Å². The van der Waals surface area contributed by atoms with Crippen LogP contribution in [-0.4, -0.2) is 34.1 Å². The van der Waals surface area contributed by atoms with E-state index >= 15 is 0 Å². The van der Waals surface area contributed by atoms with Gasteiger partial charge < -0.3 is 9.84 Å². The van der Waals surface area contributed by atoms with Gasteiger partial charge >= 0.3 is 5.91 Å². The van der Waals surface area contributed by atoms with Gasteiger partial charge in [0.1, 0.15) is 11.5 Å². The minimum absolute atomic E-state index is 0.000614. The molecule has 39 heavy (non-hydrogen) atoms. The van der Waals surface area contributed by atoms with Crippen LogP contribution < -0.4 is 9.64 Å². The molecule has 1 aliphatic rings. The van der Waals surface area contributed by atoms with Crippen LogP contribution in [0.25, 0.3) is 5.76 Å². The minimum atomic E-state index is -0.898. The third-order valence-corrected chi connectivity index (χ3v) is 8.91. The first kappa shape index (κ1) is 26.9. The average molecular weight is 578 g/mol. The van der Waals surface area contributed by atoms with Crippen molar-refractivity contribution in [1.82, 2.24) is 10.2 Å². The Hall–Kier alpha value is -3.66. The van der Waals surface area contributed by atoms with Crippen molar-refractivity contribution in [3.63, 3.8) is 0 Å². The van der Waals surface area contributed by atoms with E-state index in [1.165, 1.54) is 28.0 Å². The number of halogens is 1. The summed E-state index contributed by atoms with van der Waals surface area (Å²) in [6, 6.07) is 19.3. The van der Waals surface area contributed by atoms with Crippen molar-refractivity contribution >= 4 is 57.3 Å². The van der Waals surface area contributed by atoms with Crippen molar-refractivity contribution in [3.05, 3.63) is 105 Å². The number of ketones is 1. The molecule has 0 radical (unpaired) electrons. The first-order valence-electron chi connectivity index (χ1n) is 12.0. The molecule has 1 aromatic heterocycles. The summed E-state index contributed by atoms with van der Waals surface area (Å²) in [5.41, 5.74) is 3.78. The quantitative estimate of drug-likeness (QED) is 0.0855. The lowest BCUT2D eigenvalue weighted by Crippen LogP contribution is -2.29. The molecule has 1 atom stereocenters. The number of thioether (sulfide) groups is 1. The van der Waals surface area contributed by atoms with Gasteiger partial charge in [-0.05, 0) is 54.8 Å². The van der Waals surface area contributed by atoms with Gasteiger partial charge in [0.15, 0.2) is 4.34 Å². The van der Waals surface area contributed by atoms with E-state index in [0.29, 0.717) is 32.0 Å². The van der Waals surface area contributed by atoms with E-state index in [1.807, 2.05) is 50.2 Å². The molecule has 5 rings (SSSR count). The summed E-state index contributed by atoms with van der Waals surface area (Å²) < 4.78 is 5.91. The molecule has 0 aliphatic carbocycles.